The van der Waals surface area contributed by atoms with Gasteiger partial charge < -0.3 is 15.4 Å². The van der Waals surface area contributed by atoms with Crippen LogP contribution in [0.25, 0.3) is 0 Å². The van der Waals surface area contributed by atoms with Crippen LogP contribution in [0.4, 0.5) is 4.79 Å². The molecule has 2 aliphatic heterocycles. The van der Waals surface area contributed by atoms with Crippen molar-refractivity contribution in [3.8, 4) is 0 Å². The minimum atomic E-state index is -2.89. The van der Waals surface area contributed by atoms with Crippen LogP contribution in [0, 0.1) is 5.92 Å². The molecule has 6 nitrogen and oxygen atoms in total. The third-order valence-electron chi connectivity index (χ3n) is 3.96. The average Bonchev–Trinajstić information content (AvgIpc) is 2.35. The molecule has 1 atom stereocenters. The third kappa shape index (κ3) is 4.71. The average molecular weight is 330 g/mol. The molecule has 0 aromatic rings. The zero-order valence-corrected chi connectivity index (χ0v) is 14.4. The number of sulfone groups is 1. The number of ether oxygens (including phenoxy) is 1. The predicted octanol–water partition coefficient (Wildman–Crippen LogP) is 1.32. The standard InChI is InChI=1S/C15H26N2O4S/c1-15(2,3)21-14(18)17-9-12(8-13(16)10-17)11-4-6-22(19,20)7-5-11/h8,11,13H,4-7,9-10,16H2,1-3H3. The molecular formula is C15H26N2O4S. The van der Waals surface area contributed by atoms with Gasteiger partial charge in [-0.1, -0.05) is 6.08 Å². The van der Waals surface area contributed by atoms with Crippen LogP contribution in [0.2, 0.25) is 0 Å². The summed E-state index contributed by atoms with van der Waals surface area (Å²) in [6, 6.07) is -0.227. The van der Waals surface area contributed by atoms with Crippen molar-refractivity contribution in [1.29, 1.82) is 0 Å². The molecule has 2 aliphatic rings. The Labute approximate surface area is 132 Å². The maximum atomic E-state index is 12.2. The molecule has 1 amide bonds. The van der Waals surface area contributed by atoms with Crippen molar-refractivity contribution < 1.29 is 17.9 Å². The Hall–Kier alpha value is -1.08. The lowest BCUT2D eigenvalue weighted by molar-refractivity contribution is 0.0248. The minimum Gasteiger partial charge on any atom is -0.444 e. The Kier molecular flexibility index (Phi) is 4.87. The molecule has 0 spiro atoms. The van der Waals surface area contributed by atoms with E-state index in [9.17, 15) is 13.2 Å². The summed E-state index contributed by atoms with van der Waals surface area (Å²) in [5.41, 5.74) is 6.56. The first-order valence-corrected chi connectivity index (χ1v) is 9.52. The summed E-state index contributed by atoms with van der Waals surface area (Å²) in [5.74, 6) is 0.632. The zero-order chi connectivity index (χ0) is 16.5. The van der Waals surface area contributed by atoms with Crippen LogP contribution in [0.3, 0.4) is 0 Å². The van der Waals surface area contributed by atoms with Gasteiger partial charge in [0.15, 0.2) is 0 Å². The summed E-state index contributed by atoms with van der Waals surface area (Å²) in [6.07, 6.45) is 2.85. The van der Waals surface area contributed by atoms with Gasteiger partial charge in [-0.05, 0) is 45.1 Å². The summed E-state index contributed by atoms with van der Waals surface area (Å²) < 4.78 is 28.5. The number of nitrogens with zero attached hydrogens (tertiary/aromatic N) is 1. The van der Waals surface area contributed by atoms with Crippen LogP contribution >= 0.6 is 0 Å². The smallest absolute Gasteiger partial charge is 0.410 e. The van der Waals surface area contributed by atoms with E-state index in [4.69, 9.17) is 10.5 Å². The Balaban J connectivity index is 2.03. The van der Waals surface area contributed by atoms with Gasteiger partial charge in [0.05, 0.1) is 11.5 Å². The molecule has 2 heterocycles. The van der Waals surface area contributed by atoms with Crippen molar-refractivity contribution in [3.63, 3.8) is 0 Å². The van der Waals surface area contributed by atoms with Gasteiger partial charge in [0.2, 0.25) is 0 Å². The van der Waals surface area contributed by atoms with Crippen molar-refractivity contribution in [2.24, 2.45) is 11.7 Å². The van der Waals surface area contributed by atoms with E-state index in [-0.39, 0.29) is 29.6 Å². The lowest BCUT2D eigenvalue weighted by Gasteiger charge is -2.36. The molecule has 1 fully saturated rings. The van der Waals surface area contributed by atoms with Crippen LogP contribution in [0.1, 0.15) is 33.6 Å². The van der Waals surface area contributed by atoms with Gasteiger partial charge in [0.25, 0.3) is 0 Å². The fourth-order valence-corrected chi connectivity index (χ4v) is 4.40. The molecule has 0 bridgehead atoms. The van der Waals surface area contributed by atoms with Gasteiger partial charge in [0, 0.05) is 19.1 Å². The van der Waals surface area contributed by atoms with Gasteiger partial charge in [-0.25, -0.2) is 13.2 Å². The molecule has 126 valence electrons. The number of nitrogens with two attached hydrogens (primary N) is 1. The van der Waals surface area contributed by atoms with E-state index in [1.165, 1.54) is 0 Å². The van der Waals surface area contributed by atoms with Gasteiger partial charge in [-0.3, -0.25) is 0 Å². The van der Waals surface area contributed by atoms with E-state index in [1.807, 2.05) is 26.8 Å². The molecule has 1 unspecified atom stereocenters. The van der Waals surface area contributed by atoms with E-state index in [2.05, 4.69) is 0 Å². The number of hydrogen-bond donors (Lipinski definition) is 1. The van der Waals surface area contributed by atoms with Gasteiger partial charge in [-0.15, -0.1) is 0 Å². The maximum Gasteiger partial charge on any atom is 0.410 e. The van der Waals surface area contributed by atoms with E-state index in [0.29, 0.717) is 25.9 Å². The molecule has 0 saturated carbocycles. The highest BCUT2D eigenvalue weighted by Gasteiger charge is 2.32. The summed E-state index contributed by atoms with van der Waals surface area (Å²) in [5, 5.41) is 0. The van der Waals surface area contributed by atoms with Crippen LogP contribution in [-0.2, 0) is 14.6 Å². The largest absolute Gasteiger partial charge is 0.444 e. The lowest BCUT2D eigenvalue weighted by atomic mass is 9.89. The predicted molar refractivity (Wildman–Crippen MR) is 85.2 cm³/mol. The van der Waals surface area contributed by atoms with Gasteiger partial charge in [-0.2, -0.15) is 0 Å². The Morgan fingerprint density at radius 3 is 2.45 bits per heavy atom. The van der Waals surface area contributed by atoms with Crippen molar-refractivity contribution in [3.05, 3.63) is 11.6 Å². The summed E-state index contributed by atoms with van der Waals surface area (Å²) in [4.78, 5) is 13.8. The minimum absolute atomic E-state index is 0.194. The number of carbonyl (C=O) groups excluding carboxylic acids is 1. The second-order valence-electron chi connectivity index (χ2n) is 7.19. The molecule has 0 aromatic heterocycles. The number of hydrogen-bond acceptors (Lipinski definition) is 5. The highest BCUT2D eigenvalue weighted by atomic mass is 32.2. The van der Waals surface area contributed by atoms with Crippen LogP contribution in [0.5, 0.6) is 0 Å². The topological polar surface area (TPSA) is 89.7 Å². The summed E-state index contributed by atoms with van der Waals surface area (Å²) >= 11 is 0. The van der Waals surface area contributed by atoms with Crippen molar-refractivity contribution >= 4 is 15.9 Å². The fourth-order valence-electron chi connectivity index (χ4n) is 2.91. The molecule has 2 N–H and O–H groups in total. The first-order chi connectivity index (χ1) is 10.1. The summed E-state index contributed by atoms with van der Waals surface area (Å²) in [7, 11) is -2.89. The highest BCUT2D eigenvalue weighted by molar-refractivity contribution is 7.91. The monoisotopic (exact) mass is 330 g/mol. The van der Waals surface area contributed by atoms with E-state index >= 15 is 0 Å². The zero-order valence-electron chi connectivity index (χ0n) is 13.5. The lowest BCUT2D eigenvalue weighted by Crippen LogP contribution is -2.48. The molecule has 1 saturated heterocycles. The van der Waals surface area contributed by atoms with Crippen LogP contribution in [-0.4, -0.2) is 55.6 Å². The highest BCUT2D eigenvalue weighted by Crippen LogP contribution is 2.29. The molecular weight excluding hydrogens is 304 g/mol. The second kappa shape index (κ2) is 6.20. The molecule has 0 aliphatic carbocycles. The van der Waals surface area contributed by atoms with Crippen LogP contribution in [0.15, 0.2) is 11.6 Å². The summed E-state index contributed by atoms with van der Waals surface area (Å²) in [6.45, 7) is 6.41. The molecule has 22 heavy (non-hydrogen) atoms. The number of carbonyl (C=O) groups is 1. The first kappa shape index (κ1) is 17.3. The van der Waals surface area contributed by atoms with Crippen molar-refractivity contribution in [2.75, 3.05) is 24.6 Å². The quantitative estimate of drug-likeness (QED) is 0.732. The van der Waals surface area contributed by atoms with Gasteiger partial charge >= 0.3 is 6.09 Å². The van der Waals surface area contributed by atoms with Crippen molar-refractivity contribution in [1.82, 2.24) is 4.90 Å². The number of amides is 1. The molecule has 0 aromatic carbocycles. The Bertz CT molecular complexity index is 549. The maximum absolute atomic E-state index is 12.2. The Morgan fingerprint density at radius 1 is 1.32 bits per heavy atom. The van der Waals surface area contributed by atoms with Crippen LogP contribution < -0.4 is 5.73 Å². The van der Waals surface area contributed by atoms with Gasteiger partial charge in [0.1, 0.15) is 15.4 Å². The van der Waals surface area contributed by atoms with E-state index < -0.39 is 15.4 Å². The molecule has 7 heteroatoms. The van der Waals surface area contributed by atoms with E-state index in [1.54, 1.807) is 4.90 Å². The second-order valence-corrected chi connectivity index (χ2v) is 9.50. The third-order valence-corrected chi connectivity index (χ3v) is 5.68. The molecule has 2 rings (SSSR count). The molecule has 0 radical (unpaired) electrons. The number of rotatable bonds is 1. The Morgan fingerprint density at radius 2 is 1.91 bits per heavy atom. The van der Waals surface area contributed by atoms with E-state index in [0.717, 1.165) is 5.57 Å². The SMILES string of the molecule is CC(C)(C)OC(=O)N1CC(C2CCS(=O)(=O)CC2)=CC(N)C1. The van der Waals surface area contributed by atoms with Crippen molar-refractivity contribution in [2.45, 2.75) is 45.3 Å². The normalized spacial score (nSPS) is 26.5. The first-order valence-electron chi connectivity index (χ1n) is 7.70. The fraction of sp³-hybridized carbons (Fsp3) is 0.800.